The molecule has 4 fully saturated rings. The van der Waals surface area contributed by atoms with Gasteiger partial charge in [-0.05, 0) is 31.2 Å². The molecule has 2 saturated carbocycles. The monoisotopic (exact) mass is 590 g/mol. The fourth-order valence-corrected chi connectivity index (χ4v) is 5.73. The van der Waals surface area contributed by atoms with Gasteiger partial charge in [-0.1, -0.05) is 46.3 Å². The predicted octanol–water partition coefficient (Wildman–Crippen LogP) is 2.48. The summed E-state index contributed by atoms with van der Waals surface area (Å²) in [6, 6.07) is 23.1. The Morgan fingerprint density at radius 3 is 1.73 bits per heavy atom. The summed E-state index contributed by atoms with van der Waals surface area (Å²) < 4.78 is 22.8. The zero-order valence-electron chi connectivity index (χ0n) is 19.1. The topological polar surface area (TPSA) is 36.9 Å². The Balaban J connectivity index is 0.000000186. The molecule has 2 spiro atoms. The average molecular weight is 593 g/mol. The minimum absolute atomic E-state index is 0. The summed E-state index contributed by atoms with van der Waals surface area (Å²) in [6.45, 7) is 3.04. The summed E-state index contributed by atoms with van der Waals surface area (Å²) in [7, 11) is 0. The molecule has 2 aliphatic heterocycles. The van der Waals surface area contributed by atoms with Gasteiger partial charge in [0.05, 0.1) is 31.3 Å². The molecule has 6 rings (SSSR count). The van der Waals surface area contributed by atoms with Crippen molar-refractivity contribution in [1.82, 2.24) is 0 Å². The van der Waals surface area contributed by atoms with Crippen molar-refractivity contribution in [3.63, 3.8) is 0 Å². The maximum atomic E-state index is 5.85. The van der Waals surface area contributed by atoms with Crippen molar-refractivity contribution in [3.05, 3.63) is 72.3 Å². The standard InChI is InChI=1S/C13H16O2.C7H11BrO2.C6H5.BrH.Mg/c1-2-5-11(6-3-1)12-7-4-8-13(12)14-9-10-15-13;8-6-2-1-3-7(6)9-4-5-10-7;1-2-4-6-5-3-1;;/h1-3,5-6,12H,4,7-10H2;6H,1-5H2;1-5H;1H;/q;;-1;;+2/p-1. The summed E-state index contributed by atoms with van der Waals surface area (Å²) in [4.78, 5) is 0.419. The van der Waals surface area contributed by atoms with E-state index in [-0.39, 0.29) is 51.6 Å². The van der Waals surface area contributed by atoms with Crippen molar-refractivity contribution in [1.29, 1.82) is 0 Å². The van der Waals surface area contributed by atoms with Crippen LogP contribution in [-0.2, 0) is 18.9 Å². The maximum Gasteiger partial charge on any atom is 2.00 e. The summed E-state index contributed by atoms with van der Waals surface area (Å²) in [5.74, 6) is -0.0948. The Morgan fingerprint density at radius 2 is 1.24 bits per heavy atom. The Morgan fingerprint density at radius 1 is 0.727 bits per heavy atom. The van der Waals surface area contributed by atoms with Crippen LogP contribution in [0.4, 0.5) is 0 Å². The quantitative estimate of drug-likeness (QED) is 0.290. The third-order valence-corrected chi connectivity index (χ3v) is 7.53. The number of hydrogen-bond acceptors (Lipinski definition) is 4. The average Bonchev–Trinajstić information content (AvgIpc) is 3.64. The van der Waals surface area contributed by atoms with Crippen LogP contribution in [0.1, 0.15) is 50.0 Å². The molecule has 2 heterocycles. The van der Waals surface area contributed by atoms with Gasteiger partial charge in [0.1, 0.15) is 0 Å². The summed E-state index contributed by atoms with van der Waals surface area (Å²) >= 11 is 3.57. The summed E-state index contributed by atoms with van der Waals surface area (Å²) in [5, 5.41) is 0. The van der Waals surface area contributed by atoms with Crippen LogP contribution in [0.15, 0.2) is 60.7 Å². The molecule has 4 aliphatic rings. The second kappa shape index (κ2) is 14.5. The number of hydrogen-bond donors (Lipinski definition) is 0. The van der Waals surface area contributed by atoms with Gasteiger partial charge in [-0.2, -0.15) is 36.4 Å². The van der Waals surface area contributed by atoms with Crippen LogP contribution in [0.5, 0.6) is 0 Å². The van der Waals surface area contributed by atoms with Crippen LogP contribution >= 0.6 is 15.9 Å². The van der Waals surface area contributed by atoms with E-state index in [1.807, 2.05) is 30.3 Å². The molecule has 2 aromatic rings. The van der Waals surface area contributed by atoms with Crippen LogP contribution in [0.2, 0.25) is 0 Å². The van der Waals surface area contributed by atoms with E-state index >= 15 is 0 Å². The third-order valence-electron chi connectivity index (χ3n) is 6.37. The largest absolute Gasteiger partial charge is 2.00 e. The first kappa shape index (κ1) is 29.2. The first-order valence-corrected chi connectivity index (χ1v) is 12.3. The third kappa shape index (κ3) is 7.50. The molecular weight excluding hydrogens is 560 g/mol. The van der Waals surface area contributed by atoms with Crippen molar-refractivity contribution < 1.29 is 35.9 Å². The van der Waals surface area contributed by atoms with Crippen LogP contribution in [0, 0.1) is 6.07 Å². The fourth-order valence-electron chi connectivity index (χ4n) is 4.91. The van der Waals surface area contributed by atoms with E-state index in [0.29, 0.717) is 10.7 Å². The maximum absolute atomic E-state index is 5.85. The van der Waals surface area contributed by atoms with Crippen molar-refractivity contribution in [3.8, 4) is 0 Å². The van der Waals surface area contributed by atoms with E-state index in [1.165, 1.54) is 31.2 Å². The predicted molar refractivity (Wildman–Crippen MR) is 130 cm³/mol. The van der Waals surface area contributed by atoms with Crippen molar-refractivity contribution in [2.45, 2.75) is 60.8 Å². The Kier molecular flexibility index (Phi) is 12.9. The van der Waals surface area contributed by atoms with Gasteiger partial charge in [-0.3, -0.25) is 0 Å². The number of benzene rings is 2. The molecular formula is C26H32Br2MgO4. The van der Waals surface area contributed by atoms with E-state index in [0.717, 1.165) is 39.3 Å². The van der Waals surface area contributed by atoms with Gasteiger partial charge in [-0.25, -0.2) is 0 Å². The van der Waals surface area contributed by atoms with Crippen molar-refractivity contribution in [2.75, 3.05) is 26.4 Å². The molecule has 7 heteroatoms. The van der Waals surface area contributed by atoms with Crippen LogP contribution < -0.4 is 17.0 Å². The first-order valence-electron chi connectivity index (χ1n) is 11.4. The van der Waals surface area contributed by atoms with Crippen molar-refractivity contribution in [2.24, 2.45) is 0 Å². The van der Waals surface area contributed by atoms with Crippen molar-refractivity contribution >= 4 is 39.0 Å². The molecule has 2 aliphatic carbocycles. The Bertz CT molecular complexity index is 731. The van der Waals surface area contributed by atoms with E-state index in [2.05, 4.69) is 52.3 Å². The molecule has 0 bridgehead atoms. The summed E-state index contributed by atoms with van der Waals surface area (Å²) in [6.07, 6.45) is 6.90. The van der Waals surface area contributed by atoms with Gasteiger partial charge in [-0.15, -0.1) is 0 Å². The molecule has 2 unspecified atom stereocenters. The molecule has 4 nitrogen and oxygen atoms in total. The zero-order chi connectivity index (χ0) is 21.4. The van der Waals surface area contributed by atoms with Gasteiger partial charge in [0.25, 0.3) is 0 Å². The van der Waals surface area contributed by atoms with Gasteiger partial charge in [0.15, 0.2) is 11.6 Å². The van der Waals surface area contributed by atoms with E-state index in [4.69, 9.17) is 18.9 Å². The molecule has 2 saturated heterocycles. The van der Waals surface area contributed by atoms with Gasteiger partial charge in [0, 0.05) is 18.8 Å². The molecule has 176 valence electrons. The molecule has 0 radical (unpaired) electrons. The number of halogens is 2. The van der Waals surface area contributed by atoms with Gasteiger partial charge < -0.3 is 35.9 Å². The fraction of sp³-hybridized carbons (Fsp3) is 0.538. The smallest absolute Gasteiger partial charge is 1.00 e. The number of rotatable bonds is 1. The van der Waals surface area contributed by atoms with Crippen LogP contribution in [0.3, 0.4) is 0 Å². The molecule has 2 atom stereocenters. The van der Waals surface area contributed by atoms with Gasteiger partial charge in [0.2, 0.25) is 0 Å². The molecule has 0 N–H and O–H groups in total. The second-order valence-corrected chi connectivity index (χ2v) is 9.42. The normalized spacial score (nSPS) is 25.8. The Labute approximate surface area is 233 Å². The second-order valence-electron chi connectivity index (χ2n) is 8.31. The van der Waals surface area contributed by atoms with Crippen LogP contribution in [0.25, 0.3) is 0 Å². The molecule has 0 aromatic heterocycles. The Hall–Kier alpha value is 0.00623. The van der Waals surface area contributed by atoms with E-state index in [1.54, 1.807) is 0 Å². The molecule has 33 heavy (non-hydrogen) atoms. The van der Waals surface area contributed by atoms with Gasteiger partial charge >= 0.3 is 23.1 Å². The molecule has 0 amide bonds. The van der Waals surface area contributed by atoms with E-state index < -0.39 is 0 Å². The zero-order valence-corrected chi connectivity index (χ0v) is 23.7. The minimum atomic E-state index is -0.290. The molecule has 2 aromatic carbocycles. The van der Waals surface area contributed by atoms with E-state index in [9.17, 15) is 0 Å². The number of alkyl halides is 1. The summed E-state index contributed by atoms with van der Waals surface area (Å²) in [5.41, 5.74) is 1.36. The van der Waals surface area contributed by atoms with Crippen LogP contribution in [-0.4, -0.2) is 65.9 Å². The number of ether oxygens (including phenoxy) is 4. The minimum Gasteiger partial charge on any atom is -1.00 e. The SMILES string of the molecule is BrC1CCCC12OCCO2.[Br-].[Mg+2].[c-]1ccccc1.c1ccc(C2CCCC23OCCO3)cc1. The first-order chi connectivity index (χ1) is 15.2.